The summed E-state index contributed by atoms with van der Waals surface area (Å²) >= 11 is 0. The van der Waals surface area contributed by atoms with Gasteiger partial charge in [0.05, 0.1) is 5.69 Å². The van der Waals surface area contributed by atoms with Crippen LogP contribution in [-0.2, 0) is 27.1 Å². The summed E-state index contributed by atoms with van der Waals surface area (Å²) in [6.07, 6.45) is 2.30. The lowest BCUT2D eigenvalue weighted by Crippen LogP contribution is -2.62. The SMILES string of the molecule is CC(C)c1cc2c3c(c1)N(c1ccc(C(C)(C)C)cc1-c1cc(-c4ccccc4)cc(-c4ccccc4)c1)c1cc4c(cc1B3c1ccc(C(C)(C)C)cc1N2c1cccc(C(C)(C)C)c1)C(C)(C)CCC4(C)C. The van der Waals surface area contributed by atoms with Gasteiger partial charge in [-0.2, -0.15) is 0 Å². The summed E-state index contributed by atoms with van der Waals surface area (Å²) in [6, 6.07) is 64.0. The Kier molecular flexibility index (Phi) is 11.7. The lowest BCUT2D eigenvalue weighted by Gasteiger charge is -2.48. The molecule has 0 bridgehead atoms. The molecule has 0 N–H and O–H groups in total. The van der Waals surface area contributed by atoms with Gasteiger partial charge < -0.3 is 9.80 Å². The number of nitrogens with zero attached hydrogens (tertiary/aromatic N) is 2. The summed E-state index contributed by atoms with van der Waals surface area (Å²) in [6.45, 7) is 35.9. The Balaban J connectivity index is 1.29. The van der Waals surface area contributed by atoms with Crippen LogP contribution in [0.3, 0.4) is 0 Å². The Hall–Kier alpha value is -6.58. The van der Waals surface area contributed by atoms with Crippen molar-refractivity contribution in [2.45, 2.75) is 150 Å². The quantitative estimate of drug-likeness (QED) is 0.153. The van der Waals surface area contributed by atoms with Crippen LogP contribution in [0.25, 0.3) is 33.4 Å². The van der Waals surface area contributed by atoms with Gasteiger partial charge in [-0.25, -0.2) is 0 Å². The van der Waals surface area contributed by atoms with E-state index in [2.05, 4.69) is 277 Å². The molecular formula is C71H77BN2. The van der Waals surface area contributed by atoms with Crippen molar-refractivity contribution in [2.75, 3.05) is 9.80 Å². The summed E-state index contributed by atoms with van der Waals surface area (Å²) < 4.78 is 0. The lowest BCUT2D eigenvalue weighted by atomic mass is 9.33. The second kappa shape index (κ2) is 17.5. The molecule has 2 aliphatic heterocycles. The van der Waals surface area contributed by atoms with Crippen LogP contribution in [0.15, 0.2) is 164 Å². The van der Waals surface area contributed by atoms with Crippen molar-refractivity contribution >= 4 is 57.2 Å². The molecule has 74 heavy (non-hydrogen) atoms. The molecule has 374 valence electrons. The largest absolute Gasteiger partial charge is 0.311 e. The van der Waals surface area contributed by atoms with Crippen molar-refractivity contribution in [3.63, 3.8) is 0 Å². The van der Waals surface area contributed by atoms with Gasteiger partial charge in [0, 0.05) is 34.0 Å². The lowest BCUT2D eigenvalue weighted by molar-refractivity contribution is 0.332. The minimum absolute atomic E-state index is 0.00520. The van der Waals surface area contributed by atoms with Gasteiger partial charge in [0.2, 0.25) is 0 Å². The maximum Gasteiger partial charge on any atom is 0.252 e. The Morgan fingerprint density at radius 3 is 1.47 bits per heavy atom. The summed E-state index contributed by atoms with van der Waals surface area (Å²) in [5, 5.41) is 0. The monoisotopic (exact) mass is 969 g/mol. The van der Waals surface area contributed by atoms with E-state index >= 15 is 0 Å². The number of anilines is 6. The van der Waals surface area contributed by atoms with Crippen LogP contribution < -0.4 is 26.2 Å². The zero-order valence-corrected chi connectivity index (χ0v) is 47.1. The molecular weight excluding hydrogens is 892 g/mol. The molecule has 3 aliphatic rings. The van der Waals surface area contributed by atoms with Crippen molar-refractivity contribution in [1.29, 1.82) is 0 Å². The normalized spacial score (nSPS) is 15.6. The summed E-state index contributed by atoms with van der Waals surface area (Å²) in [4.78, 5) is 5.38. The van der Waals surface area contributed by atoms with Gasteiger partial charge in [-0.1, -0.05) is 201 Å². The smallest absolute Gasteiger partial charge is 0.252 e. The van der Waals surface area contributed by atoms with E-state index in [4.69, 9.17) is 0 Å². The fourth-order valence-corrected chi connectivity index (χ4v) is 12.3. The van der Waals surface area contributed by atoms with E-state index in [1.165, 1.54) is 117 Å². The van der Waals surface area contributed by atoms with Gasteiger partial charge in [0.1, 0.15) is 0 Å². The first-order valence-electron chi connectivity index (χ1n) is 27.5. The van der Waals surface area contributed by atoms with Crippen LogP contribution in [-0.4, -0.2) is 6.71 Å². The Morgan fingerprint density at radius 2 is 0.905 bits per heavy atom. The molecule has 2 heterocycles. The first-order chi connectivity index (χ1) is 34.9. The van der Waals surface area contributed by atoms with E-state index in [1.807, 2.05) is 0 Å². The third kappa shape index (κ3) is 8.53. The molecule has 0 unspecified atom stereocenters. The second-order valence-corrected chi connectivity index (χ2v) is 26.8. The van der Waals surface area contributed by atoms with E-state index in [1.54, 1.807) is 0 Å². The molecule has 0 radical (unpaired) electrons. The van der Waals surface area contributed by atoms with E-state index in [0.29, 0.717) is 0 Å². The maximum atomic E-state index is 2.73. The molecule has 11 rings (SSSR count). The summed E-state index contributed by atoms with van der Waals surface area (Å²) in [5.41, 5.74) is 27.2. The first-order valence-corrected chi connectivity index (χ1v) is 27.5. The van der Waals surface area contributed by atoms with E-state index in [-0.39, 0.29) is 39.7 Å². The molecule has 0 fully saturated rings. The molecule has 0 spiro atoms. The highest BCUT2D eigenvalue weighted by Gasteiger charge is 2.47. The van der Waals surface area contributed by atoms with Crippen LogP contribution in [0.4, 0.5) is 34.1 Å². The van der Waals surface area contributed by atoms with Crippen LogP contribution in [0.1, 0.15) is 156 Å². The zero-order chi connectivity index (χ0) is 52.4. The van der Waals surface area contributed by atoms with Crippen molar-refractivity contribution < 1.29 is 0 Å². The van der Waals surface area contributed by atoms with Crippen LogP contribution in [0, 0.1) is 0 Å². The Morgan fingerprint density at radius 1 is 0.405 bits per heavy atom. The van der Waals surface area contributed by atoms with Crippen molar-refractivity contribution in [3.05, 3.63) is 197 Å². The fourth-order valence-electron chi connectivity index (χ4n) is 12.3. The van der Waals surface area contributed by atoms with Gasteiger partial charge in [0.15, 0.2) is 0 Å². The van der Waals surface area contributed by atoms with Crippen LogP contribution in [0.5, 0.6) is 0 Å². The number of rotatable bonds is 6. The molecule has 0 atom stereocenters. The minimum Gasteiger partial charge on any atom is -0.311 e. The fraction of sp³-hybridized carbons (Fsp3) is 0.324. The molecule has 2 nitrogen and oxygen atoms in total. The standard InChI is InChI=1S/C71H77BN2/c1-45(2)48-38-64-66-65(39-48)74(61-32-30-53(68(6,7)8)41-56(61)51-36-49(46-23-18-16-19-24-46)35-50(37-51)47-25-20-17-21-26-47)63-44-58-57(70(12,13)33-34-71(58,14)15)43-60(63)72(66)59-31-29-54(69(9,10)11)42-62(59)73(64)55-28-22-27-52(40-55)67(3,4)5/h16-32,35-45H,33-34H2,1-15H3. The van der Waals surface area contributed by atoms with Gasteiger partial charge >= 0.3 is 0 Å². The summed E-state index contributed by atoms with van der Waals surface area (Å²) in [7, 11) is 0. The molecule has 8 aromatic carbocycles. The van der Waals surface area contributed by atoms with Crippen molar-refractivity contribution in [3.8, 4) is 33.4 Å². The molecule has 8 aromatic rings. The molecule has 0 amide bonds. The predicted octanol–water partition coefficient (Wildman–Crippen LogP) is 18.1. The highest BCUT2D eigenvalue weighted by Crippen LogP contribution is 2.53. The third-order valence-electron chi connectivity index (χ3n) is 17.1. The van der Waals surface area contributed by atoms with Gasteiger partial charge in [-0.05, 0) is 190 Å². The van der Waals surface area contributed by atoms with E-state index in [0.717, 1.165) is 12.8 Å². The Labute approximate surface area is 445 Å². The number of hydrogen-bond acceptors (Lipinski definition) is 2. The molecule has 0 saturated carbocycles. The first kappa shape index (κ1) is 49.6. The van der Waals surface area contributed by atoms with Gasteiger partial charge in [0.25, 0.3) is 6.71 Å². The number of benzene rings is 8. The molecule has 0 aromatic heterocycles. The number of hydrogen-bond donors (Lipinski definition) is 0. The van der Waals surface area contributed by atoms with E-state index < -0.39 is 0 Å². The van der Waals surface area contributed by atoms with Crippen LogP contribution >= 0.6 is 0 Å². The van der Waals surface area contributed by atoms with Crippen molar-refractivity contribution in [2.24, 2.45) is 0 Å². The molecule has 3 heteroatoms. The van der Waals surface area contributed by atoms with Gasteiger partial charge in [-0.3, -0.25) is 0 Å². The van der Waals surface area contributed by atoms with Crippen LogP contribution in [0.2, 0.25) is 0 Å². The molecule has 1 aliphatic carbocycles. The van der Waals surface area contributed by atoms with E-state index in [9.17, 15) is 0 Å². The highest BCUT2D eigenvalue weighted by molar-refractivity contribution is 7.00. The maximum absolute atomic E-state index is 2.73. The topological polar surface area (TPSA) is 6.48 Å². The highest BCUT2D eigenvalue weighted by atomic mass is 15.2. The third-order valence-corrected chi connectivity index (χ3v) is 17.1. The summed E-state index contributed by atoms with van der Waals surface area (Å²) in [5.74, 6) is 0.283. The zero-order valence-electron chi connectivity index (χ0n) is 47.1. The second-order valence-electron chi connectivity index (χ2n) is 26.8. The van der Waals surface area contributed by atoms with Crippen molar-refractivity contribution in [1.82, 2.24) is 0 Å². The molecule has 0 saturated heterocycles. The van der Waals surface area contributed by atoms with Gasteiger partial charge in [-0.15, -0.1) is 0 Å². The number of fused-ring (bicyclic) bond motifs is 5. The average Bonchev–Trinajstić information content (AvgIpc) is 3.40. The average molecular weight is 969 g/mol. The predicted molar refractivity (Wildman–Crippen MR) is 322 cm³/mol. The minimum atomic E-state index is -0.0827. The Bertz CT molecular complexity index is 3420.